The smallest absolute Gasteiger partial charge is 0.417 e. The number of nitrogens with two attached hydrogens (primary N) is 1. The van der Waals surface area contributed by atoms with Crippen LogP contribution in [0.3, 0.4) is 0 Å². The van der Waals surface area contributed by atoms with Crippen molar-refractivity contribution in [3.8, 4) is 0 Å². The van der Waals surface area contributed by atoms with E-state index in [9.17, 15) is 18.0 Å². The van der Waals surface area contributed by atoms with Gasteiger partial charge in [-0.25, -0.2) is 4.79 Å². The van der Waals surface area contributed by atoms with Crippen LogP contribution in [0.25, 0.3) is 0 Å². The summed E-state index contributed by atoms with van der Waals surface area (Å²) in [5.41, 5.74) is 3.21. The molecule has 2 rings (SSSR count). The summed E-state index contributed by atoms with van der Waals surface area (Å²) in [6.45, 7) is 0.245. The van der Waals surface area contributed by atoms with Crippen LogP contribution in [0.15, 0.2) is 24.3 Å². The number of aliphatic carboxylic acids is 1. The van der Waals surface area contributed by atoms with E-state index in [1.807, 2.05) is 0 Å². The molecule has 2 unspecified atom stereocenters. The van der Waals surface area contributed by atoms with Gasteiger partial charge in [-0.1, -0.05) is 24.3 Å². The van der Waals surface area contributed by atoms with E-state index >= 15 is 0 Å². The summed E-state index contributed by atoms with van der Waals surface area (Å²) in [6, 6.07) is 6.88. The largest absolute Gasteiger partial charge is 0.480 e. The first kappa shape index (κ1) is 14.8. The Balaban J connectivity index is 2.32. The van der Waals surface area contributed by atoms with Crippen LogP contribution in [0.5, 0.6) is 0 Å². The number of carboxylic acids is 1. The van der Waals surface area contributed by atoms with Gasteiger partial charge >= 0.3 is 12.1 Å². The van der Waals surface area contributed by atoms with E-state index in [1.54, 1.807) is 24.3 Å². The van der Waals surface area contributed by atoms with Crippen molar-refractivity contribution in [2.24, 2.45) is 5.73 Å². The first-order valence-electron chi connectivity index (χ1n) is 6.04. The molecule has 1 aromatic carbocycles. The van der Waals surface area contributed by atoms with Crippen LogP contribution in [0.2, 0.25) is 0 Å². The zero-order valence-corrected chi connectivity index (χ0v) is 10.5. The third kappa shape index (κ3) is 2.51. The Morgan fingerprint density at radius 2 is 2.05 bits per heavy atom. The summed E-state index contributed by atoms with van der Waals surface area (Å²) in [6.07, 6.45) is -6.27. The number of carbonyl (C=O) groups is 1. The van der Waals surface area contributed by atoms with Crippen LogP contribution >= 0.6 is 0 Å². The number of fused-ring (bicyclic) bond motifs is 1. The van der Waals surface area contributed by atoms with Crippen molar-refractivity contribution < 1.29 is 27.8 Å². The second-order valence-electron chi connectivity index (χ2n) is 4.79. The van der Waals surface area contributed by atoms with E-state index < -0.39 is 30.2 Å². The van der Waals surface area contributed by atoms with Gasteiger partial charge < -0.3 is 15.6 Å². The minimum Gasteiger partial charge on any atom is -0.480 e. The SMILES string of the molecule is NC(CC1OCCc2ccccc21)(C(=O)O)C(F)(F)F. The molecule has 0 radical (unpaired) electrons. The minimum atomic E-state index is -5.05. The number of alkyl halides is 3. The molecule has 0 saturated heterocycles. The summed E-state index contributed by atoms with van der Waals surface area (Å²) in [5.74, 6) is -2.10. The topological polar surface area (TPSA) is 72.5 Å². The van der Waals surface area contributed by atoms with Gasteiger partial charge in [0, 0.05) is 6.42 Å². The summed E-state index contributed by atoms with van der Waals surface area (Å²) < 4.78 is 44.1. The van der Waals surface area contributed by atoms with Crippen molar-refractivity contribution in [3.05, 3.63) is 35.4 Å². The third-order valence-electron chi connectivity index (χ3n) is 3.49. The molecule has 3 N–H and O–H groups in total. The van der Waals surface area contributed by atoms with Crippen molar-refractivity contribution in [2.45, 2.75) is 30.7 Å². The van der Waals surface area contributed by atoms with Crippen LogP contribution in [-0.2, 0) is 16.0 Å². The zero-order chi connectivity index (χ0) is 15.0. The monoisotopic (exact) mass is 289 g/mol. The molecule has 0 saturated carbocycles. The predicted molar refractivity (Wildman–Crippen MR) is 64.1 cm³/mol. The lowest BCUT2D eigenvalue weighted by Crippen LogP contribution is -2.60. The van der Waals surface area contributed by atoms with Gasteiger partial charge in [0.05, 0.1) is 12.7 Å². The minimum absolute atomic E-state index is 0.245. The molecule has 0 spiro atoms. The van der Waals surface area contributed by atoms with Crippen LogP contribution in [0.4, 0.5) is 13.2 Å². The maximum atomic E-state index is 12.9. The van der Waals surface area contributed by atoms with Gasteiger partial charge in [-0.15, -0.1) is 0 Å². The number of carboxylic acid groups (broad SMARTS) is 1. The van der Waals surface area contributed by atoms with Gasteiger partial charge in [0.1, 0.15) is 0 Å². The van der Waals surface area contributed by atoms with E-state index in [4.69, 9.17) is 15.6 Å². The Hall–Kier alpha value is -1.60. The maximum absolute atomic E-state index is 12.9. The van der Waals surface area contributed by atoms with Crippen molar-refractivity contribution in [1.29, 1.82) is 0 Å². The van der Waals surface area contributed by atoms with Gasteiger partial charge in [-0.2, -0.15) is 13.2 Å². The van der Waals surface area contributed by atoms with Crippen molar-refractivity contribution in [2.75, 3.05) is 6.61 Å². The third-order valence-corrected chi connectivity index (χ3v) is 3.49. The van der Waals surface area contributed by atoms with E-state index in [1.165, 1.54) is 0 Å². The molecule has 110 valence electrons. The van der Waals surface area contributed by atoms with E-state index in [-0.39, 0.29) is 6.61 Å². The van der Waals surface area contributed by atoms with Crippen LogP contribution in [0.1, 0.15) is 23.7 Å². The van der Waals surface area contributed by atoms with Crippen LogP contribution < -0.4 is 5.73 Å². The van der Waals surface area contributed by atoms with E-state index in [0.717, 1.165) is 5.56 Å². The molecule has 0 fully saturated rings. The average molecular weight is 289 g/mol. The fraction of sp³-hybridized carbons (Fsp3) is 0.462. The lowest BCUT2D eigenvalue weighted by molar-refractivity contribution is -0.209. The first-order valence-corrected chi connectivity index (χ1v) is 6.04. The predicted octanol–water partition coefficient (Wildman–Crippen LogP) is 2.03. The highest BCUT2D eigenvalue weighted by Gasteiger charge is 2.59. The molecule has 0 amide bonds. The summed E-state index contributed by atoms with van der Waals surface area (Å²) in [7, 11) is 0. The number of benzene rings is 1. The molecule has 4 nitrogen and oxygen atoms in total. The Kier molecular flexibility index (Phi) is 3.75. The number of halogens is 3. The second kappa shape index (κ2) is 5.06. The number of hydrogen-bond donors (Lipinski definition) is 2. The molecule has 1 aliphatic heterocycles. The molecule has 0 bridgehead atoms. The van der Waals surface area contributed by atoms with Gasteiger partial charge in [0.2, 0.25) is 5.54 Å². The summed E-state index contributed by atoms with van der Waals surface area (Å²) in [5, 5.41) is 8.85. The fourth-order valence-corrected chi connectivity index (χ4v) is 2.26. The van der Waals surface area contributed by atoms with Gasteiger partial charge in [0.25, 0.3) is 0 Å². The summed E-state index contributed by atoms with van der Waals surface area (Å²) >= 11 is 0. The molecular formula is C13H14F3NO3. The van der Waals surface area contributed by atoms with Crippen LogP contribution in [-0.4, -0.2) is 29.4 Å². The van der Waals surface area contributed by atoms with Gasteiger partial charge in [0.15, 0.2) is 0 Å². The Morgan fingerprint density at radius 3 is 2.65 bits per heavy atom. The summed E-state index contributed by atoms with van der Waals surface area (Å²) in [4.78, 5) is 11.0. The molecule has 2 atom stereocenters. The highest BCUT2D eigenvalue weighted by Crippen LogP contribution is 2.39. The molecule has 0 aromatic heterocycles. The Morgan fingerprint density at radius 1 is 1.40 bits per heavy atom. The molecule has 0 aliphatic carbocycles. The molecule has 7 heteroatoms. The van der Waals surface area contributed by atoms with E-state index in [0.29, 0.717) is 12.0 Å². The molecular weight excluding hydrogens is 275 g/mol. The van der Waals surface area contributed by atoms with Crippen LogP contribution in [0, 0.1) is 0 Å². The fourth-order valence-electron chi connectivity index (χ4n) is 2.26. The average Bonchev–Trinajstić information content (AvgIpc) is 2.37. The van der Waals surface area contributed by atoms with Gasteiger partial charge in [-0.05, 0) is 17.5 Å². The van der Waals surface area contributed by atoms with Crippen molar-refractivity contribution in [1.82, 2.24) is 0 Å². The Bertz CT molecular complexity index is 518. The molecule has 1 aliphatic rings. The quantitative estimate of drug-likeness (QED) is 0.893. The lowest BCUT2D eigenvalue weighted by Gasteiger charge is -2.34. The number of rotatable bonds is 3. The maximum Gasteiger partial charge on any atom is 0.417 e. The first-order chi connectivity index (χ1) is 9.25. The lowest BCUT2D eigenvalue weighted by atomic mass is 9.86. The molecule has 1 heterocycles. The van der Waals surface area contributed by atoms with Gasteiger partial charge in [-0.3, -0.25) is 0 Å². The Labute approximate surface area is 113 Å². The van der Waals surface area contributed by atoms with Crippen molar-refractivity contribution >= 4 is 5.97 Å². The van der Waals surface area contributed by atoms with Crippen molar-refractivity contribution in [3.63, 3.8) is 0 Å². The highest BCUT2D eigenvalue weighted by atomic mass is 19.4. The molecule has 1 aromatic rings. The zero-order valence-electron chi connectivity index (χ0n) is 10.5. The second-order valence-corrected chi connectivity index (χ2v) is 4.79. The standard InChI is InChI=1S/C13H14F3NO3/c14-13(15,16)12(17,11(18)19)7-10-9-4-2-1-3-8(9)5-6-20-10/h1-4,10H,5-7,17H2,(H,18,19). The highest BCUT2D eigenvalue weighted by molar-refractivity contribution is 5.79. The van der Waals surface area contributed by atoms with E-state index in [2.05, 4.69) is 0 Å². The normalized spacial score (nSPS) is 21.9. The molecule has 20 heavy (non-hydrogen) atoms. The number of ether oxygens (including phenoxy) is 1. The number of hydrogen-bond acceptors (Lipinski definition) is 3.